The maximum Gasteiger partial charge on any atom is 0.308 e. The lowest BCUT2D eigenvalue weighted by atomic mass is 10.1. The van der Waals surface area contributed by atoms with Crippen LogP contribution in [0.2, 0.25) is 0 Å². The number of amides is 1. The second-order valence-electron chi connectivity index (χ2n) is 4.79. The van der Waals surface area contributed by atoms with Gasteiger partial charge in [-0.05, 0) is 13.8 Å². The van der Waals surface area contributed by atoms with Crippen molar-refractivity contribution in [2.45, 2.75) is 26.8 Å². The maximum absolute atomic E-state index is 11.8. The van der Waals surface area contributed by atoms with Crippen molar-refractivity contribution in [3.63, 3.8) is 0 Å². The van der Waals surface area contributed by atoms with Crippen LogP contribution < -0.4 is 0 Å². The Bertz CT molecular complexity index is 507. The molecule has 1 N–H and O–H groups in total. The molecule has 0 saturated carbocycles. The Labute approximate surface area is 105 Å². The average molecular weight is 251 g/mol. The fourth-order valence-corrected chi connectivity index (χ4v) is 2.33. The summed E-state index contributed by atoms with van der Waals surface area (Å²) in [5.41, 5.74) is 2.91. The predicted octanol–water partition coefficient (Wildman–Crippen LogP) is 0.470. The second-order valence-corrected chi connectivity index (χ2v) is 4.79. The standard InChI is InChI=1S/C12H17N3O3/c1-7-10(8(2)14(3)13-7)6-15-5-9(12(17)18)4-11(15)16/h9H,4-6H2,1-3H3,(H,17,18). The van der Waals surface area contributed by atoms with Gasteiger partial charge in [0.1, 0.15) is 0 Å². The number of carbonyl (C=O) groups excluding carboxylic acids is 1. The van der Waals surface area contributed by atoms with Gasteiger partial charge in [0, 0.05) is 37.8 Å². The zero-order valence-electron chi connectivity index (χ0n) is 10.8. The normalized spacial score (nSPS) is 19.6. The van der Waals surface area contributed by atoms with Gasteiger partial charge in [-0.25, -0.2) is 0 Å². The van der Waals surface area contributed by atoms with Crippen molar-refractivity contribution >= 4 is 11.9 Å². The Balaban J connectivity index is 2.15. The first-order valence-electron chi connectivity index (χ1n) is 5.89. The van der Waals surface area contributed by atoms with E-state index in [1.807, 2.05) is 20.9 Å². The van der Waals surface area contributed by atoms with Crippen molar-refractivity contribution in [2.75, 3.05) is 6.54 Å². The number of nitrogens with zero attached hydrogens (tertiary/aromatic N) is 3. The van der Waals surface area contributed by atoms with Crippen LogP contribution >= 0.6 is 0 Å². The van der Waals surface area contributed by atoms with Gasteiger partial charge in [0.15, 0.2) is 0 Å². The molecular weight excluding hydrogens is 234 g/mol. The first-order valence-corrected chi connectivity index (χ1v) is 5.89. The Morgan fingerprint density at radius 3 is 2.61 bits per heavy atom. The number of carboxylic acid groups (broad SMARTS) is 1. The third kappa shape index (κ3) is 2.10. The van der Waals surface area contributed by atoms with E-state index in [0.717, 1.165) is 17.0 Å². The van der Waals surface area contributed by atoms with Gasteiger partial charge in [-0.15, -0.1) is 0 Å². The van der Waals surface area contributed by atoms with Gasteiger partial charge in [-0.3, -0.25) is 14.3 Å². The van der Waals surface area contributed by atoms with Crippen molar-refractivity contribution < 1.29 is 14.7 Å². The smallest absolute Gasteiger partial charge is 0.308 e. The quantitative estimate of drug-likeness (QED) is 0.847. The number of likely N-dealkylation sites (tertiary alicyclic amines) is 1. The van der Waals surface area contributed by atoms with Crippen molar-refractivity contribution in [1.82, 2.24) is 14.7 Å². The molecule has 0 aromatic carbocycles. The minimum atomic E-state index is -0.898. The van der Waals surface area contributed by atoms with Crippen LogP contribution in [0.5, 0.6) is 0 Å². The fraction of sp³-hybridized carbons (Fsp3) is 0.583. The molecule has 1 aromatic rings. The molecule has 0 bridgehead atoms. The van der Waals surface area contributed by atoms with Crippen LogP contribution in [-0.4, -0.2) is 38.2 Å². The molecule has 1 aliphatic heterocycles. The Kier molecular flexibility index (Phi) is 3.11. The van der Waals surface area contributed by atoms with Crippen LogP contribution in [0, 0.1) is 19.8 Å². The van der Waals surface area contributed by atoms with Crippen molar-refractivity contribution in [3.8, 4) is 0 Å². The summed E-state index contributed by atoms with van der Waals surface area (Å²) in [5, 5.41) is 13.2. The second kappa shape index (κ2) is 4.44. The molecule has 18 heavy (non-hydrogen) atoms. The third-order valence-electron chi connectivity index (χ3n) is 3.57. The number of carbonyl (C=O) groups is 2. The van der Waals surface area contributed by atoms with Gasteiger partial charge in [-0.1, -0.05) is 0 Å². The van der Waals surface area contributed by atoms with Crippen LogP contribution in [0.25, 0.3) is 0 Å². The average Bonchev–Trinajstić information content (AvgIpc) is 2.76. The summed E-state index contributed by atoms with van der Waals surface area (Å²) in [6.07, 6.45) is 0.105. The van der Waals surface area contributed by atoms with E-state index in [4.69, 9.17) is 5.11 Å². The van der Waals surface area contributed by atoms with E-state index < -0.39 is 11.9 Å². The lowest BCUT2D eigenvalue weighted by molar-refractivity contribution is -0.141. The summed E-state index contributed by atoms with van der Waals surface area (Å²) < 4.78 is 1.78. The fourth-order valence-electron chi connectivity index (χ4n) is 2.33. The van der Waals surface area contributed by atoms with Crippen LogP contribution in [0.3, 0.4) is 0 Å². The minimum Gasteiger partial charge on any atom is -0.481 e. The van der Waals surface area contributed by atoms with E-state index in [2.05, 4.69) is 5.10 Å². The molecule has 6 heteroatoms. The molecule has 1 unspecified atom stereocenters. The number of carboxylic acids is 1. The molecule has 0 spiro atoms. The first-order chi connectivity index (χ1) is 8.40. The molecule has 1 aliphatic rings. The molecule has 2 heterocycles. The largest absolute Gasteiger partial charge is 0.481 e. The summed E-state index contributed by atoms with van der Waals surface area (Å²) in [6.45, 7) is 4.60. The lowest BCUT2D eigenvalue weighted by Crippen LogP contribution is -2.26. The summed E-state index contributed by atoms with van der Waals surface area (Å²) >= 11 is 0. The molecule has 2 rings (SSSR count). The maximum atomic E-state index is 11.8. The number of hydrogen-bond acceptors (Lipinski definition) is 3. The Hall–Kier alpha value is -1.85. The highest BCUT2D eigenvalue weighted by Crippen LogP contribution is 2.22. The summed E-state index contributed by atoms with van der Waals surface area (Å²) in [5.74, 6) is -1.56. The van der Waals surface area contributed by atoms with E-state index in [-0.39, 0.29) is 12.3 Å². The highest BCUT2D eigenvalue weighted by Gasteiger charge is 2.34. The number of rotatable bonds is 3. The van der Waals surface area contributed by atoms with E-state index >= 15 is 0 Å². The van der Waals surface area contributed by atoms with Crippen LogP contribution in [0.4, 0.5) is 0 Å². The predicted molar refractivity (Wildman–Crippen MR) is 63.8 cm³/mol. The van der Waals surface area contributed by atoms with Crippen LogP contribution in [0.15, 0.2) is 0 Å². The van der Waals surface area contributed by atoms with Crippen LogP contribution in [-0.2, 0) is 23.2 Å². The van der Waals surface area contributed by atoms with E-state index in [0.29, 0.717) is 13.1 Å². The van der Waals surface area contributed by atoms with Crippen molar-refractivity contribution in [2.24, 2.45) is 13.0 Å². The van der Waals surface area contributed by atoms with Crippen molar-refractivity contribution in [1.29, 1.82) is 0 Å². The van der Waals surface area contributed by atoms with E-state index in [9.17, 15) is 9.59 Å². The first kappa shape index (κ1) is 12.6. The third-order valence-corrected chi connectivity index (χ3v) is 3.57. The number of aliphatic carboxylic acids is 1. The van der Waals surface area contributed by atoms with Gasteiger partial charge in [0.05, 0.1) is 11.6 Å². The van der Waals surface area contributed by atoms with E-state index in [1.54, 1.807) is 9.58 Å². The van der Waals surface area contributed by atoms with Gasteiger partial charge in [-0.2, -0.15) is 5.10 Å². The molecule has 1 aromatic heterocycles. The molecular formula is C12H17N3O3. The highest BCUT2D eigenvalue weighted by atomic mass is 16.4. The van der Waals surface area contributed by atoms with Gasteiger partial charge in [0.25, 0.3) is 0 Å². The van der Waals surface area contributed by atoms with E-state index in [1.165, 1.54) is 0 Å². The molecule has 1 amide bonds. The number of aryl methyl sites for hydroxylation is 2. The molecule has 1 saturated heterocycles. The summed E-state index contributed by atoms with van der Waals surface area (Å²) in [6, 6.07) is 0. The zero-order valence-corrected chi connectivity index (χ0v) is 10.8. The van der Waals surface area contributed by atoms with Crippen LogP contribution in [0.1, 0.15) is 23.4 Å². The Morgan fingerprint density at radius 2 is 2.17 bits per heavy atom. The van der Waals surface area contributed by atoms with Gasteiger partial charge in [0.2, 0.25) is 5.91 Å². The highest BCUT2D eigenvalue weighted by molar-refractivity contribution is 5.86. The molecule has 0 aliphatic carbocycles. The Morgan fingerprint density at radius 1 is 1.50 bits per heavy atom. The molecule has 1 atom stereocenters. The minimum absolute atomic E-state index is 0.0925. The molecule has 6 nitrogen and oxygen atoms in total. The van der Waals surface area contributed by atoms with Crippen molar-refractivity contribution in [3.05, 3.63) is 17.0 Å². The summed E-state index contributed by atoms with van der Waals surface area (Å²) in [7, 11) is 1.86. The SMILES string of the molecule is Cc1nn(C)c(C)c1CN1CC(C(=O)O)CC1=O. The number of hydrogen-bond donors (Lipinski definition) is 1. The molecule has 1 fully saturated rings. The monoisotopic (exact) mass is 251 g/mol. The molecule has 0 radical (unpaired) electrons. The van der Waals surface area contributed by atoms with Gasteiger partial charge >= 0.3 is 5.97 Å². The lowest BCUT2D eigenvalue weighted by Gasteiger charge is -2.16. The van der Waals surface area contributed by atoms with Gasteiger partial charge < -0.3 is 10.0 Å². The molecule has 98 valence electrons. The zero-order chi connectivity index (χ0) is 13.4. The topological polar surface area (TPSA) is 75.4 Å². The number of aromatic nitrogens is 2. The summed E-state index contributed by atoms with van der Waals surface area (Å²) in [4.78, 5) is 24.3.